The standard InChI is InChI=1S/C46H68ClNO7/c1-28(2)38-32(50)24-46(35(51)27-48(22-23-49)26-29-10-12-30(47)13-11-29)21-20-44(8)31(39(38)46)14-15-34-43(7)18-17-36(55-37(52)25-41(3,4)40(53)54)42(5,6)33(43)16-19-45(34,44)9/h10-13,28,31,33-36,49,51H,14-27H2,1-9H3,(H,53,54)/t31-,33+,34-,35+,36+,43?,44-,45-,46?/m1/s1. The van der Waals surface area contributed by atoms with Gasteiger partial charge in [0.25, 0.3) is 0 Å². The van der Waals surface area contributed by atoms with Gasteiger partial charge >= 0.3 is 11.9 Å². The molecule has 3 N–H and O–H groups in total. The molecule has 0 heterocycles. The highest BCUT2D eigenvalue weighted by atomic mass is 35.5. The minimum Gasteiger partial charge on any atom is -0.481 e. The quantitative estimate of drug-likeness (QED) is 0.180. The first-order chi connectivity index (χ1) is 25.6. The molecule has 4 saturated carbocycles. The number of hydrogen-bond donors (Lipinski definition) is 3. The van der Waals surface area contributed by atoms with E-state index >= 15 is 0 Å². The minimum absolute atomic E-state index is 0.0155. The molecular formula is C46H68ClNO7. The summed E-state index contributed by atoms with van der Waals surface area (Å²) in [7, 11) is 0. The summed E-state index contributed by atoms with van der Waals surface area (Å²) in [6.07, 6.45) is 6.76. The summed E-state index contributed by atoms with van der Waals surface area (Å²) in [6.45, 7) is 20.9. The minimum atomic E-state index is -1.18. The Hall–Kier alpha value is -2.26. The molecule has 6 rings (SSSR count). The van der Waals surface area contributed by atoms with Crippen molar-refractivity contribution in [3.63, 3.8) is 0 Å². The van der Waals surface area contributed by atoms with Crippen LogP contribution in [0.2, 0.25) is 5.02 Å². The smallest absolute Gasteiger partial charge is 0.309 e. The van der Waals surface area contributed by atoms with Gasteiger partial charge in [-0.2, -0.15) is 0 Å². The molecule has 0 bridgehead atoms. The number of fused-ring (bicyclic) bond motifs is 7. The number of nitrogens with zero attached hydrogens (tertiary/aromatic N) is 1. The molecule has 1 aromatic carbocycles. The fourth-order valence-electron chi connectivity index (χ4n) is 13.6. The maximum atomic E-state index is 14.2. The molecule has 8 nitrogen and oxygen atoms in total. The number of carbonyl (C=O) groups is 3. The predicted octanol–water partition coefficient (Wildman–Crippen LogP) is 8.89. The molecule has 0 saturated heterocycles. The number of Topliss-reactive ketones (excluding diaryl/α,β-unsaturated/α-hetero) is 1. The van der Waals surface area contributed by atoms with Gasteiger partial charge in [0.05, 0.1) is 24.5 Å². The van der Waals surface area contributed by atoms with Crippen molar-refractivity contribution in [2.75, 3.05) is 19.7 Å². The molecule has 5 aliphatic rings. The summed E-state index contributed by atoms with van der Waals surface area (Å²) >= 11 is 6.17. The Morgan fingerprint density at radius 3 is 2.24 bits per heavy atom. The Morgan fingerprint density at radius 2 is 1.62 bits per heavy atom. The predicted molar refractivity (Wildman–Crippen MR) is 215 cm³/mol. The zero-order valence-electron chi connectivity index (χ0n) is 35.0. The Balaban J connectivity index is 1.28. The van der Waals surface area contributed by atoms with Crippen molar-refractivity contribution in [2.24, 2.45) is 56.2 Å². The normalized spacial score (nSPS) is 36.2. The summed E-state index contributed by atoms with van der Waals surface area (Å²) in [6, 6.07) is 7.72. The van der Waals surface area contributed by atoms with Gasteiger partial charge in [0, 0.05) is 41.9 Å². The van der Waals surface area contributed by atoms with Crippen LogP contribution < -0.4 is 0 Å². The summed E-state index contributed by atoms with van der Waals surface area (Å²) in [4.78, 5) is 41.2. The number of carboxylic acids is 1. The number of halogens is 1. The number of esters is 1. The molecule has 0 radical (unpaired) electrons. The lowest BCUT2D eigenvalue weighted by atomic mass is 9.33. The van der Waals surface area contributed by atoms with Gasteiger partial charge in [-0.1, -0.05) is 77.8 Å². The molecule has 306 valence electrons. The molecule has 2 unspecified atom stereocenters. The molecule has 4 fully saturated rings. The van der Waals surface area contributed by atoms with Crippen molar-refractivity contribution < 1.29 is 34.4 Å². The number of carboxylic acid groups (broad SMARTS) is 1. The maximum Gasteiger partial charge on any atom is 0.309 e. The topological polar surface area (TPSA) is 124 Å². The third-order valence-electron chi connectivity index (χ3n) is 16.7. The zero-order chi connectivity index (χ0) is 40.5. The fourth-order valence-corrected chi connectivity index (χ4v) is 13.7. The lowest BCUT2D eigenvalue weighted by Crippen LogP contribution is -2.66. The highest BCUT2D eigenvalue weighted by molar-refractivity contribution is 6.30. The number of aliphatic hydroxyl groups is 2. The van der Waals surface area contributed by atoms with Gasteiger partial charge in [0.15, 0.2) is 5.78 Å². The average molecular weight is 783 g/mol. The number of ether oxygens (including phenoxy) is 1. The molecule has 55 heavy (non-hydrogen) atoms. The van der Waals surface area contributed by atoms with Crippen molar-refractivity contribution in [1.29, 1.82) is 0 Å². The van der Waals surface area contributed by atoms with Crippen molar-refractivity contribution in [1.82, 2.24) is 4.90 Å². The van der Waals surface area contributed by atoms with E-state index in [4.69, 9.17) is 16.3 Å². The van der Waals surface area contributed by atoms with E-state index in [9.17, 15) is 29.7 Å². The zero-order valence-corrected chi connectivity index (χ0v) is 35.7. The number of aliphatic carboxylic acids is 1. The number of rotatable bonds is 12. The second-order valence-electron chi connectivity index (χ2n) is 20.7. The number of carbonyl (C=O) groups excluding carboxylic acids is 2. The van der Waals surface area contributed by atoms with E-state index in [1.165, 1.54) is 5.57 Å². The summed E-state index contributed by atoms with van der Waals surface area (Å²) < 4.78 is 6.17. The van der Waals surface area contributed by atoms with Crippen LogP contribution in [-0.2, 0) is 25.7 Å². The van der Waals surface area contributed by atoms with Gasteiger partial charge in [0.2, 0.25) is 0 Å². The molecular weight excluding hydrogens is 714 g/mol. The van der Waals surface area contributed by atoms with Crippen molar-refractivity contribution in [2.45, 2.75) is 145 Å². The molecule has 9 atom stereocenters. The number of aliphatic hydroxyl groups excluding tert-OH is 2. The van der Waals surface area contributed by atoms with Crippen LogP contribution in [0.4, 0.5) is 0 Å². The van der Waals surface area contributed by atoms with E-state index in [2.05, 4.69) is 53.4 Å². The van der Waals surface area contributed by atoms with E-state index in [1.807, 2.05) is 24.3 Å². The van der Waals surface area contributed by atoms with Gasteiger partial charge in [-0.3, -0.25) is 19.3 Å². The van der Waals surface area contributed by atoms with Crippen molar-refractivity contribution in [3.8, 4) is 0 Å². The third kappa shape index (κ3) is 6.95. The molecule has 1 aromatic rings. The molecule has 0 aromatic heterocycles. The third-order valence-corrected chi connectivity index (χ3v) is 16.9. The van der Waals surface area contributed by atoms with Crippen molar-refractivity contribution in [3.05, 3.63) is 46.0 Å². The second kappa shape index (κ2) is 14.8. The Kier molecular flexibility index (Phi) is 11.4. The van der Waals surface area contributed by atoms with Crippen LogP contribution in [-0.4, -0.2) is 69.8 Å². The van der Waals surface area contributed by atoms with Crippen LogP contribution in [0.5, 0.6) is 0 Å². The molecule has 0 aliphatic heterocycles. The van der Waals surface area contributed by atoms with Gasteiger partial charge in [0.1, 0.15) is 6.10 Å². The first-order valence-corrected chi connectivity index (χ1v) is 21.4. The van der Waals surface area contributed by atoms with E-state index in [0.29, 0.717) is 42.9 Å². The largest absolute Gasteiger partial charge is 0.481 e. The van der Waals surface area contributed by atoms with Gasteiger partial charge in [-0.05, 0) is 128 Å². The van der Waals surface area contributed by atoms with Gasteiger partial charge < -0.3 is 20.1 Å². The molecule has 9 heteroatoms. The average Bonchev–Trinajstić information content (AvgIpc) is 3.40. The van der Waals surface area contributed by atoms with Gasteiger partial charge in [-0.15, -0.1) is 0 Å². The number of hydrogen-bond acceptors (Lipinski definition) is 7. The van der Waals surface area contributed by atoms with Crippen LogP contribution >= 0.6 is 11.6 Å². The van der Waals surface area contributed by atoms with Gasteiger partial charge in [-0.25, -0.2) is 0 Å². The highest BCUT2D eigenvalue weighted by Gasteiger charge is 2.71. The first-order valence-electron chi connectivity index (χ1n) is 21.0. The summed E-state index contributed by atoms with van der Waals surface area (Å²) in [5, 5.41) is 32.8. The molecule has 0 spiro atoms. The van der Waals surface area contributed by atoms with Crippen LogP contribution in [0.3, 0.4) is 0 Å². The number of benzene rings is 1. The Morgan fingerprint density at radius 1 is 0.945 bits per heavy atom. The molecule has 5 aliphatic carbocycles. The van der Waals surface area contributed by atoms with E-state index in [0.717, 1.165) is 62.5 Å². The van der Waals surface area contributed by atoms with E-state index in [1.54, 1.807) is 13.8 Å². The van der Waals surface area contributed by atoms with Crippen molar-refractivity contribution >= 4 is 29.3 Å². The Bertz CT molecular complexity index is 1680. The highest BCUT2D eigenvalue weighted by Crippen LogP contribution is 2.77. The SMILES string of the molecule is CC(C)C1=C2[C@H]3CC[C@@H]4C5(C)CC[C@H](OC(=O)CC(C)(C)C(=O)O)C(C)(C)[C@@H]5CC[C@@]4(C)[C@]3(C)CCC2([C@@H](O)CN(CCO)Cc2ccc(Cl)cc2)CC1=O. The summed E-state index contributed by atoms with van der Waals surface area (Å²) in [5.74, 6) is -0.158. The fraction of sp³-hybridized carbons (Fsp3) is 0.761. The second-order valence-corrected chi connectivity index (χ2v) is 21.1. The first kappa shape index (κ1) is 42.3. The van der Waals surface area contributed by atoms with Crippen LogP contribution in [0.15, 0.2) is 35.4 Å². The monoisotopic (exact) mass is 781 g/mol. The molecule has 0 amide bonds. The van der Waals surface area contributed by atoms with E-state index in [-0.39, 0.29) is 58.4 Å². The lowest BCUT2D eigenvalue weighted by Gasteiger charge is -2.72. The van der Waals surface area contributed by atoms with Crippen LogP contribution in [0.25, 0.3) is 0 Å². The summed E-state index contributed by atoms with van der Waals surface area (Å²) in [5.41, 5.74) is 1.20. The van der Waals surface area contributed by atoms with Crippen LogP contribution in [0, 0.1) is 56.2 Å². The maximum absolute atomic E-state index is 14.2. The number of allylic oxidation sites excluding steroid dienone is 1. The lowest BCUT2D eigenvalue weighted by molar-refractivity contribution is -0.235. The van der Waals surface area contributed by atoms with Crippen LogP contribution in [0.1, 0.15) is 132 Å². The number of ketones is 1. The van der Waals surface area contributed by atoms with E-state index < -0.39 is 28.9 Å². The Labute approximate surface area is 334 Å².